The molecule has 2 amide bonds. The summed E-state index contributed by atoms with van der Waals surface area (Å²) in [5.41, 5.74) is 1.05. The van der Waals surface area contributed by atoms with Crippen LogP contribution in [0.2, 0.25) is 0 Å². The summed E-state index contributed by atoms with van der Waals surface area (Å²) < 4.78 is 83.2. The van der Waals surface area contributed by atoms with Gasteiger partial charge in [0, 0.05) is 16.1 Å². The quantitative estimate of drug-likeness (QED) is 0.300. The Morgan fingerprint density at radius 1 is 1.05 bits per heavy atom. The van der Waals surface area contributed by atoms with E-state index in [1.807, 2.05) is 0 Å². The monoisotopic (exact) mass is 600 g/mol. The first-order valence-corrected chi connectivity index (χ1v) is 11.3. The number of anilines is 1. The second-order valence-electron chi connectivity index (χ2n) is 8.04. The Morgan fingerprint density at radius 3 is 2.34 bits per heavy atom. The van der Waals surface area contributed by atoms with E-state index in [1.165, 1.54) is 37.3 Å². The van der Waals surface area contributed by atoms with Gasteiger partial charge in [-0.2, -0.15) is 31.4 Å². The molecule has 198 valence electrons. The average Bonchev–Trinajstić information content (AvgIpc) is 3.13. The topological polar surface area (TPSA) is 116 Å². The van der Waals surface area contributed by atoms with Crippen molar-refractivity contribution in [3.63, 3.8) is 0 Å². The largest absolute Gasteiger partial charge is 0.437 e. The lowest BCUT2D eigenvalue weighted by atomic mass is 10.1. The number of carbonyl (C=O) groups excluding carboxylic acids is 2. The Labute approximate surface area is 218 Å². The predicted molar refractivity (Wildman–Crippen MR) is 126 cm³/mol. The highest BCUT2D eigenvalue weighted by Crippen LogP contribution is 2.37. The van der Waals surface area contributed by atoms with Gasteiger partial charge in [0.15, 0.2) is 5.69 Å². The van der Waals surface area contributed by atoms with Gasteiger partial charge in [-0.1, -0.05) is 15.9 Å². The van der Waals surface area contributed by atoms with Crippen molar-refractivity contribution in [3.8, 4) is 0 Å². The van der Waals surface area contributed by atoms with Crippen molar-refractivity contribution in [1.29, 1.82) is 0 Å². The van der Waals surface area contributed by atoms with Crippen LogP contribution in [0.1, 0.15) is 43.5 Å². The second kappa shape index (κ2) is 9.70. The summed E-state index contributed by atoms with van der Waals surface area (Å²) in [5.74, 6) is -1.97. The normalized spacial score (nSPS) is 12.1. The number of primary amides is 1. The van der Waals surface area contributed by atoms with Gasteiger partial charge < -0.3 is 11.1 Å². The zero-order chi connectivity index (χ0) is 28.0. The summed E-state index contributed by atoms with van der Waals surface area (Å²) in [6.07, 6.45) is -8.78. The molecule has 4 aromatic rings. The van der Waals surface area contributed by atoms with Gasteiger partial charge in [0.05, 0.1) is 40.3 Å². The first-order valence-electron chi connectivity index (χ1n) is 10.5. The van der Waals surface area contributed by atoms with Crippen LogP contribution < -0.4 is 11.1 Å². The van der Waals surface area contributed by atoms with Crippen molar-refractivity contribution in [2.24, 2.45) is 5.73 Å². The van der Waals surface area contributed by atoms with Crippen LogP contribution in [0.15, 0.2) is 47.1 Å². The first kappa shape index (κ1) is 27.0. The molecule has 0 saturated heterocycles. The molecule has 0 radical (unpaired) electrons. The Hall–Kier alpha value is -4.01. The molecule has 0 fully saturated rings. The molecule has 0 unspecified atom stereocenters. The summed E-state index contributed by atoms with van der Waals surface area (Å²) in [5, 5.41) is 5.64. The van der Waals surface area contributed by atoms with Crippen LogP contribution >= 0.6 is 15.9 Å². The lowest BCUT2D eigenvalue weighted by Crippen LogP contribution is -2.18. The molecule has 3 N–H and O–H groups in total. The van der Waals surface area contributed by atoms with E-state index >= 15 is 0 Å². The number of nitrogens with zero attached hydrogens (tertiary/aromatic N) is 4. The lowest BCUT2D eigenvalue weighted by molar-refractivity contribution is -0.141. The van der Waals surface area contributed by atoms with E-state index in [9.17, 15) is 35.9 Å². The minimum Gasteiger partial charge on any atom is -0.366 e. The highest BCUT2D eigenvalue weighted by molar-refractivity contribution is 9.10. The fourth-order valence-corrected chi connectivity index (χ4v) is 3.94. The van der Waals surface area contributed by atoms with Crippen LogP contribution in [0.3, 0.4) is 0 Å². The Balaban J connectivity index is 1.77. The van der Waals surface area contributed by atoms with Gasteiger partial charge in [0.2, 0.25) is 5.91 Å². The molecular formula is C23H15BrF6N6O2. The molecule has 3 heterocycles. The maximum absolute atomic E-state index is 13.8. The smallest absolute Gasteiger partial charge is 0.366 e. The number of nitrogens with one attached hydrogen (secondary N) is 1. The molecule has 0 aliphatic rings. The minimum absolute atomic E-state index is 0.0118. The fraction of sp³-hybridized carbons (Fsp3) is 0.174. The van der Waals surface area contributed by atoms with Crippen LogP contribution in [0.25, 0.3) is 10.9 Å². The van der Waals surface area contributed by atoms with Crippen LogP contribution in [-0.4, -0.2) is 31.6 Å². The molecule has 0 spiro atoms. The molecule has 0 aliphatic carbocycles. The Kier molecular flexibility index (Phi) is 6.90. The molecule has 4 rings (SSSR count). The minimum atomic E-state index is -5.01. The summed E-state index contributed by atoms with van der Waals surface area (Å²) >= 11 is 3.16. The molecule has 3 aromatic heterocycles. The second-order valence-corrected chi connectivity index (χ2v) is 8.95. The van der Waals surface area contributed by atoms with Gasteiger partial charge in [0.1, 0.15) is 5.69 Å². The summed E-state index contributed by atoms with van der Waals surface area (Å²) in [7, 11) is 0. The van der Waals surface area contributed by atoms with E-state index in [0.717, 1.165) is 10.9 Å². The standard InChI is InChI=1S/C23H15BrF6N6O2/c1-10-18(19(23(28,29)30)35-36(10)9-13-4-2-11(8-32-13)20(31)37)34-21(38)15-7-17(22(25,26)27)33-16-5-3-12(24)6-14(15)16/h2-8H,9H2,1H3,(H2,31,37)(H,34,38). The van der Waals surface area contributed by atoms with Crippen molar-refractivity contribution < 1.29 is 35.9 Å². The number of pyridine rings is 2. The van der Waals surface area contributed by atoms with E-state index in [-0.39, 0.29) is 34.4 Å². The van der Waals surface area contributed by atoms with Gasteiger partial charge in [-0.05, 0) is 43.3 Å². The maximum atomic E-state index is 13.8. The van der Waals surface area contributed by atoms with Gasteiger partial charge in [0.25, 0.3) is 5.91 Å². The van der Waals surface area contributed by atoms with E-state index in [4.69, 9.17) is 5.73 Å². The number of benzene rings is 1. The van der Waals surface area contributed by atoms with Crippen LogP contribution in [-0.2, 0) is 18.9 Å². The molecule has 0 saturated carbocycles. The molecule has 8 nitrogen and oxygen atoms in total. The third-order valence-electron chi connectivity index (χ3n) is 5.44. The molecule has 0 bridgehead atoms. The van der Waals surface area contributed by atoms with E-state index < -0.39 is 46.8 Å². The van der Waals surface area contributed by atoms with Crippen LogP contribution in [0.5, 0.6) is 0 Å². The van der Waals surface area contributed by atoms with Crippen LogP contribution in [0.4, 0.5) is 32.0 Å². The van der Waals surface area contributed by atoms with Crippen molar-refractivity contribution in [3.05, 3.63) is 81.0 Å². The number of amides is 2. The average molecular weight is 601 g/mol. The van der Waals surface area contributed by atoms with Gasteiger partial charge >= 0.3 is 12.4 Å². The maximum Gasteiger partial charge on any atom is 0.437 e. The molecule has 38 heavy (non-hydrogen) atoms. The highest BCUT2D eigenvalue weighted by Gasteiger charge is 2.40. The van der Waals surface area contributed by atoms with Crippen molar-refractivity contribution in [1.82, 2.24) is 19.7 Å². The van der Waals surface area contributed by atoms with Gasteiger partial charge in [-0.3, -0.25) is 19.3 Å². The number of alkyl halides is 6. The fourth-order valence-electron chi connectivity index (χ4n) is 3.58. The number of hydrogen-bond donors (Lipinski definition) is 2. The van der Waals surface area contributed by atoms with Crippen molar-refractivity contribution in [2.45, 2.75) is 25.8 Å². The molecule has 0 atom stereocenters. The third kappa shape index (κ3) is 5.46. The third-order valence-corrected chi connectivity index (χ3v) is 5.93. The van der Waals surface area contributed by atoms with Crippen molar-refractivity contribution >= 4 is 44.3 Å². The van der Waals surface area contributed by atoms with E-state index in [2.05, 4.69) is 36.3 Å². The van der Waals surface area contributed by atoms with E-state index in [1.54, 1.807) is 0 Å². The SMILES string of the molecule is Cc1c(NC(=O)c2cc(C(F)(F)F)nc3ccc(Br)cc23)c(C(F)(F)F)nn1Cc1ccc(C(N)=O)cn1. The zero-order valence-corrected chi connectivity index (χ0v) is 20.7. The molecule has 1 aromatic carbocycles. The number of halogens is 7. The number of carbonyl (C=O) groups is 2. The number of rotatable bonds is 5. The Bertz CT molecular complexity index is 1560. The van der Waals surface area contributed by atoms with Gasteiger partial charge in [-0.15, -0.1) is 0 Å². The number of aromatic nitrogens is 4. The summed E-state index contributed by atoms with van der Waals surface area (Å²) in [4.78, 5) is 31.8. The highest BCUT2D eigenvalue weighted by atomic mass is 79.9. The number of hydrogen-bond acceptors (Lipinski definition) is 5. The lowest BCUT2D eigenvalue weighted by Gasteiger charge is -2.13. The zero-order valence-electron chi connectivity index (χ0n) is 19.1. The van der Waals surface area contributed by atoms with Crippen molar-refractivity contribution in [2.75, 3.05) is 5.32 Å². The summed E-state index contributed by atoms with van der Waals surface area (Å²) in [6, 6.07) is 7.17. The van der Waals surface area contributed by atoms with E-state index in [0.29, 0.717) is 10.5 Å². The molecule has 0 aliphatic heterocycles. The van der Waals surface area contributed by atoms with Gasteiger partial charge in [-0.25, -0.2) is 4.98 Å². The predicted octanol–water partition coefficient (Wildman–Crippen LogP) is 5.33. The Morgan fingerprint density at radius 2 is 1.76 bits per heavy atom. The number of nitrogens with two attached hydrogens (primary N) is 1. The molecular weight excluding hydrogens is 586 g/mol. The number of fused-ring (bicyclic) bond motifs is 1. The molecule has 15 heteroatoms. The first-order chi connectivity index (χ1) is 17.6. The van der Waals surface area contributed by atoms with Crippen LogP contribution in [0, 0.1) is 6.92 Å². The summed E-state index contributed by atoms with van der Waals surface area (Å²) in [6.45, 7) is 0.977.